The molecule has 0 radical (unpaired) electrons. The third-order valence-corrected chi connectivity index (χ3v) is 3.44. The molecule has 3 heteroatoms. The van der Waals surface area contributed by atoms with Gasteiger partial charge in [0.1, 0.15) is 0 Å². The van der Waals surface area contributed by atoms with Crippen LogP contribution in [-0.2, 0) is 6.42 Å². The number of piperazine rings is 1. The van der Waals surface area contributed by atoms with Gasteiger partial charge in [-0.3, -0.25) is 4.98 Å². The molecule has 1 aliphatic rings. The molecule has 1 atom stereocenters. The van der Waals surface area contributed by atoms with E-state index >= 15 is 0 Å². The normalized spacial score (nSPS) is 21.6. The van der Waals surface area contributed by atoms with Gasteiger partial charge >= 0.3 is 0 Å². The number of pyridine rings is 1. The van der Waals surface area contributed by atoms with Gasteiger partial charge in [-0.1, -0.05) is 13.3 Å². The Morgan fingerprint density at radius 1 is 1.41 bits per heavy atom. The van der Waals surface area contributed by atoms with Gasteiger partial charge < -0.3 is 10.2 Å². The van der Waals surface area contributed by atoms with E-state index in [0.717, 1.165) is 13.0 Å². The Hall–Kier alpha value is -0.930. The summed E-state index contributed by atoms with van der Waals surface area (Å²) in [6.45, 7) is 6.97. The molecule has 1 fully saturated rings. The molecule has 1 saturated heterocycles. The summed E-state index contributed by atoms with van der Waals surface area (Å²) in [7, 11) is 0. The largest absolute Gasteiger partial charge is 0.311 e. The lowest BCUT2D eigenvalue weighted by atomic mass is 10.1. The van der Waals surface area contributed by atoms with Crippen LogP contribution in [0.5, 0.6) is 0 Å². The third kappa shape index (κ3) is 4.10. The van der Waals surface area contributed by atoms with Gasteiger partial charge in [0.15, 0.2) is 0 Å². The highest BCUT2D eigenvalue weighted by molar-refractivity contribution is 5.09. The maximum atomic E-state index is 4.05. The summed E-state index contributed by atoms with van der Waals surface area (Å²) in [6, 6.07) is 4.93. The van der Waals surface area contributed by atoms with Crippen molar-refractivity contribution in [3.63, 3.8) is 0 Å². The topological polar surface area (TPSA) is 28.2 Å². The summed E-state index contributed by atoms with van der Waals surface area (Å²) in [5.74, 6) is 0. The van der Waals surface area contributed by atoms with Crippen molar-refractivity contribution in [2.24, 2.45) is 0 Å². The van der Waals surface area contributed by atoms with Gasteiger partial charge in [-0.25, -0.2) is 0 Å². The SMILES string of the molecule is CCCC1CN(CCc2ccncc2)CCN1. The molecule has 0 aromatic carbocycles. The molecule has 1 unspecified atom stereocenters. The van der Waals surface area contributed by atoms with Gasteiger partial charge in [-0.05, 0) is 30.5 Å². The lowest BCUT2D eigenvalue weighted by Gasteiger charge is -2.33. The van der Waals surface area contributed by atoms with Crippen LogP contribution in [0.15, 0.2) is 24.5 Å². The van der Waals surface area contributed by atoms with Crippen LogP contribution in [0.2, 0.25) is 0 Å². The molecule has 0 amide bonds. The fraction of sp³-hybridized carbons (Fsp3) is 0.643. The summed E-state index contributed by atoms with van der Waals surface area (Å²) < 4.78 is 0. The van der Waals surface area contributed by atoms with Crippen molar-refractivity contribution in [3.05, 3.63) is 30.1 Å². The van der Waals surface area contributed by atoms with Crippen molar-refractivity contribution >= 4 is 0 Å². The molecule has 1 N–H and O–H groups in total. The van der Waals surface area contributed by atoms with Crippen LogP contribution in [0.1, 0.15) is 25.3 Å². The van der Waals surface area contributed by atoms with Crippen molar-refractivity contribution in [1.82, 2.24) is 15.2 Å². The van der Waals surface area contributed by atoms with Crippen molar-refractivity contribution in [1.29, 1.82) is 0 Å². The number of rotatable bonds is 5. The van der Waals surface area contributed by atoms with Gasteiger partial charge in [0.05, 0.1) is 0 Å². The summed E-state index contributed by atoms with van der Waals surface area (Å²) in [6.07, 6.45) is 7.48. The van der Waals surface area contributed by atoms with Gasteiger partial charge in [-0.15, -0.1) is 0 Å². The Kier molecular flexibility index (Phi) is 4.95. The zero-order valence-electron chi connectivity index (χ0n) is 10.7. The number of nitrogens with zero attached hydrogens (tertiary/aromatic N) is 2. The fourth-order valence-electron chi connectivity index (χ4n) is 2.48. The predicted molar refractivity (Wildman–Crippen MR) is 71.1 cm³/mol. The molecule has 1 aromatic rings. The first-order chi connectivity index (χ1) is 8.38. The number of hydrogen-bond acceptors (Lipinski definition) is 3. The second-order valence-corrected chi connectivity index (χ2v) is 4.85. The molecule has 3 nitrogen and oxygen atoms in total. The molecule has 17 heavy (non-hydrogen) atoms. The van der Waals surface area contributed by atoms with Crippen LogP contribution in [0.25, 0.3) is 0 Å². The molecule has 1 aromatic heterocycles. The average Bonchev–Trinajstić information content (AvgIpc) is 2.39. The molecule has 1 aliphatic heterocycles. The van der Waals surface area contributed by atoms with Crippen LogP contribution in [-0.4, -0.2) is 42.1 Å². The monoisotopic (exact) mass is 233 g/mol. The molecule has 2 rings (SSSR count). The van der Waals surface area contributed by atoms with E-state index in [9.17, 15) is 0 Å². The second-order valence-electron chi connectivity index (χ2n) is 4.85. The Balaban J connectivity index is 1.75. The van der Waals surface area contributed by atoms with E-state index in [0.29, 0.717) is 6.04 Å². The van der Waals surface area contributed by atoms with Crippen LogP contribution in [0, 0.1) is 0 Å². The van der Waals surface area contributed by atoms with E-state index in [2.05, 4.69) is 34.3 Å². The van der Waals surface area contributed by atoms with Crippen molar-refractivity contribution in [3.8, 4) is 0 Å². The summed E-state index contributed by atoms with van der Waals surface area (Å²) >= 11 is 0. The Morgan fingerprint density at radius 3 is 3.00 bits per heavy atom. The summed E-state index contributed by atoms with van der Waals surface area (Å²) in [5.41, 5.74) is 1.39. The van der Waals surface area contributed by atoms with Crippen LogP contribution in [0.3, 0.4) is 0 Å². The molecular weight excluding hydrogens is 210 g/mol. The lowest BCUT2D eigenvalue weighted by Crippen LogP contribution is -2.50. The van der Waals surface area contributed by atoms with Gasteiger partial charge in [-0.2, -0.15) is 0 Å². The molecule has 0 aliphatic carbocycles. The zero-order valence-corrected chi connectivity index (χ0v) is 10.7. The second kappa shape index (κ2) is 6.72. The number of nitrogens with one attached hydrogen (secondary N) is 1. The first kappa shape index (κ1) is 12.5. The summed E-state index contributed by atoms with van der Waals surface area (Å²) in [5, 5.41) is 3.60. The van der Waals surface area contributed by atoms with E-state index in [1.165, 1.54) is 38.0 Å². The van der Waals surface area contributed by atoms with E-state index < -0.39 is 0 Å². The first-order valence-corrected chi connectivity index (χ1v) is 6.73. The van der Waals surface area contributed by atoms with Crippen LogP contribution >= 0.6 is 0 Å². The van der Waals surface area contributed by atoms with E-state index in [1.807, 2.05) is 12.4 Å². The minimum absolute atomic E-state index is 0.700. The number of aromatic nitrogens is 1. The van der Waals surface area contributed by atoms with Crippen molar-refractivity contribution < 1.29 is 0 Å². The smallest absolute Gasteiger partial charge is 0.0270 e. The first-order valence-electron chi connectivity index (χ1n) is 6.73. The minimum atomic E-state index is 0.700. The molecule has 94 valence electrons. The van der Waals surface area contributed by atoms with Crippen LogP contribution in [0.4, 0.5) is 0 Å². The molecule has 0 spiro atoms. The Labute approximate surface area is 104 Å². The van der Waals surface area contributed by atoms with E-state index in [4.69, 9.17) is 0 Å². The fourth-order valence-corrected chi connectivity index (χ4v) is 2.48. The van der Waals surface area contributed by atoms with Crippen LogP contribution < -0.4 is 5.32 Å². The zero-order chi connectivity index (χ0) is 11.9. The summed E-state index contributed by atoms with van der Waals surface area (Å²) in [4.78, 5) is 6.63. The average molecular weight is 233 g/mol. The highest BCUT2D eigenvalue weighted by Gasteiger charge is 2.17. The molecule has 0 saturated carbocycles. The Morgan fingerprint density at radius 2 is 2.24 bits per heavy atom. The number of hydrogen-bond donors (Lipinski definition) is 1. The lowest BCUT2D eigenvalue weighted by molar-refractivity contribution is 0.196. The molecule has 0 bridgehead atoms. The van der Waals surface area contributed by atoms with Gasteiger partial charge in [0.2, 0.25) is 0 Å². The Bertz CT molecular complexity index is 311. The van der Waals surface area contributed by atoms with Gasteiger partial charge in [0, 0.05) is 44.6 Å². The third-order valence-electron chi connectivity index (χ3n) is 3.44. The van der Waals surface area contributed by atoms with Crippen molar-refractivity contribution in [2.75, 3.05) is 26.2 Å². The highest BCUT2D eigenvalue weighted by Crippen LogP contribution is 2.06. The minimum Gasteiger partial charge on any atom is -0.311 e. The quantitative estimate of drug-likeness (QED) is 0.839. The highest BCUT2D eigenvalue weighted by atomic mass is 15.2. The standard InChI is InChI=1S/C14H23N3/c1-2-3-14-12-17(11-9-16-14)10-6-13-4-7-15-8-5-13/h4-5,7-8,14,16H,2-3,6,9-12H2,1H3. The van der Waals surface area contributed by atoms with Gasteiger partial charge in [0.25, 0.3) is 0 Å². The molecule has 2 heterocycles. The maximum absolute atomic E-state index is 4.05. The van der Waals surface area contributed by atoms with Crippen molar-refractivity contribution in [2.45, 2.75) is 32.2 Å². The predicted octanol–water partition coefficient (Wildman–Crippen LogP) is 1.70. The molecular formula is C14H23N3. The van der Waals surface area contributed by atoms with E-state index in [1.54, 1.807) is 0 Å². The maximum Gasteiger partial charge on any atom is 0.0270 e. The van der Waals surface area contributed by atoms with E-state index in [-0.39, 0.29) is 0 Å².